The highest BCUT2D eigenvalue weighted by Gasteiger charge is 2.46. The van der Waals surface area contributed by atoms with Gasteiger partial charge in [0, 0.05) is 34.0 Å². The Hall–Kier alpha value is -5.02. The van der Waals surface area contributed by atoms with Crippen LogP contribution in [-0.2, 0) is 29.1 Å². The molecule has 2 aliphatic heterocycles. The third-order valence-corrected chi connectivity index (χ3v) is 13.5. The minimum atomic E-state index is 0.00367. The first-order valence-corrected chi connectivity index (χ1v) is 22.1. The van der Waals surface area contributed by atoms with Crippen LogP contribution in [0.25, 0.3) is 11.1 Å². The smallest absolute Gasteiger partial charge is 0.252 e. The topological polar surface area (TPSA) is 6.48 Å². The Bertz CT molecular complexity index is 2610. The Morgan fingerprint density at radius 1 is 0.508 bits per heavy atom. The normalized spacial score (nSPS) is 15.6. The predicted octanol–water partition coefficient (Wildman–Crippen LogP) is 13.6. The van der Waals surface area contributed by atoms with Crippen molar-refractivity contribution in [1.82, 2.24) is 0 Å². The molecule has 2 nitrogen and oxygen atoms in total. The van der Waals surface area contributed by atoms with Gasteiger partial charge in [0.15, 0.2) is 0 Å². The summed E-state index contributed by atoms with van der Waals surface area (Å²) in [5.41, 5.74) is 23.1. The van der Waals surface area contributed by atoms with Crippen LogP contribution in [0.5, 0.6) is 0 Å². The second-order valence-corrected chi connectivity index (χ2v) is 22.1. The van der Waals surface area contributed by atoms with E-state index in [0.717, 1.165) is 12.8 Å². The van der Waals surface area contributed by atoms with Crippen molar-refractivity contribution in [3.05, 3.63) is 149 Å². The molecule has 0 spiro atoms. The Kier molecular flexibility index (Phi) is 9.03. The SMILES string of the molecule is CC(C)c1cc2c3c(c1)N(c1ccc(C(C)(C)C)cc1-c1ccccc1)c1cc4c(cc1B3c1cc(C(C)(C)C)ccc1N2c1ccc(C(C)(C)C)cc1)CC(C)(C)C4. The van der Waals surface area contributed by atoms with Crippen molar-refractivity contribution in [2.24, 2.45) is 5.41 Å². The lowest BCUT2D eigenvalue weighted by Gasteiger charge is -2.45. The van der Waals surface area contributed by atoms with Gasteiger partial charge in [0.25, 0.3) is 6.71 Å². The molecule has 0 bridgehead atoms. The van der Waals surface area contributed by atoms with Crippen LogP contribution in [0, 0.1) is 5.41 Å². The molecule has 0 aromatic heterocycles. The molecule has 3 heteroatoms. The number of hydrogen-bond donors (Lipinski definition) is 0. The molecule has 0 amide bonds. The number of nitrogens with zero attached hydrogens (tertiary/aromatic N) is 2. The molecule has 1 aliphatic carbocycles. The lowest BCUT2D eigenvalue weighted by Crippen LogP contribution is -2.61. The van der Waals surface area contributed by atoms with Gasteiger partial charge in [-0.3, -0.25) is 0 Å². The van der Waals surface area contributed by atoms with Crippen LogP contribution in [0.3, 0.4) is 0 Å². The van der Waals surface area contributed by atoms with Gasteiger partial charge in [-0.2, -0.15) is 0 Å². The summed E-state index contributed by atoms with van der Waals surface area (Å²) in [6.45, 7) is 30.6. The zero-order valence-electron chi connectivity index (χ0n) is 37.9. The monoisotopic (exact) mass is 775 g/mol. The highest BCUT2D eigenvalue weighted by Crippen LogP contribution is 2.50. The van der Waals surface area contributed by atoms with E-state index in [0.29, 0.717) is 5.92 Å². The van der Waals surface area contributed by atoms with E-state index < -0.39 is 0 Å². The third kappa shape index (κ3) is 6.74. The lowest BCUT2D eigenvalue weighted by molar-refractivity contribution is 0.392. The van der Waals surface area contributed by atoms with Gasteiger partial charge in [0.1, 0.15) is 0 Å². The predicted molar refractivity (Wildman–Crippen MR) is 257 cm³/mol. The summed E-state index contributed by atoms with van der Waals surface area (Å²) in [7, 11) is 0. The van der Waals surface area contributed by atoms with Crippen LogP contribution >= 0.6 is 0 Å². The average molecular weight is 775 g/mol. The number of rotatable bonds is 4. The highest BCUT2D eigenvalue weighted by molar-refractivity contribution is 7.00. The van der Waals surface area contributed by atoms with Crippen LogP contribution in [0.4, 0.5) is 34.1 Å². The Morgan fingerprint density at radius 3 is 1.63 bits per heavy atom. The Labute approximate surface area is 355 Å². The Balaban J connectivity index is 1.41. The summed E-state index contributed by atoms with van der Waals surface area (Å²) in [6, 6.07) is 45.5. The van der Waals surface area contributed by atoms with Crippen molar-refractivity contribution in [2.45, 2.75) is 125 Å². The van der Waals surface area contributed by atoms with Crippen molar-refractivity contribution in [2.75, 3.05) is 9.80 Å². The molecule has 0 saturated carbocycles. The molecule has 0 unspecified atom stereocenters. The second-order valence-electron chi connectivity index (χ2n) is 22.1. The van der Waals surface area contributed by atoms with Crippen LogP contribution in [0.1, 0.15) is 129 Å². The first-order valence-electron chi connectivity index (χ1n) is 22.1. The molecule has 6 aromatic rings. The fraction of sp³-hybridized carbons (Fsp3) is 0.357. The van der Waals surface area contributed by atoms with E-state index in [1.807, 2.05) is 0 Å². The maximum absolute atomic E-state index is 2.68. The van der Waals surface area contributed by atoms with Crippen LogP contribution in [0.2, 0.25) is 0 Å². The van der Waals surface area contributed by atoms with Crippen molar-refractivity contribution in [3.8, 4) is 11.1 Å². The molecule has 0 N–H and O–H groups in total. The molecule has 0 radical (unpaired) electrons. The molecule has 0 atom stereocenters. The number of benzene rings is 6. The van der Waals surface area contributed by atoms with Gasteiger partial charge in [0.2, 0.25) is 0 Å². The van der Waals surface area contributed by atoms with Gasteiger partial charge in [-0.15, -0.1) is 0 Å². The van der Waals surface area contributed by atoms with E-state index in [1.54, 1.807) is 0 Å². The van der Waals surface area contributed by atoms with Gasteiger partial charge >= 0.3 is 0 Å². The summed E-state index contributed by atoms with van der Waals surface area (Å²) in [5.74, 6) is 0.339. The van der Waals surface area contributed by atoms with Gasteiger partial charge in [-0.05, 0) is 144 Å². The fourth-order valence-electron chi connectivity index (χ4n) is 10.1. The number of anilines is 6. The minimum Gasteiger partial charge on any atom is -0.311 e. The molecular weight excluding hydrogens is 711 g/mol. The number of hydrogen-bond acceptors (Lipinski definition) is 2. The summed E-state index contributed by atoms with van der Waals surface area (Å²) >= 11 is 0. The third-order valence-electron chi connectivity index (χ3n) is 13.5. The standard InChI is InChI=1S/C56H63BN2/c1-35(2)37-28-50-52-51(29-37)59(47-25-21-41(54(6,7)8)31-44(47)36-17-15-14-16-18-36)49-30-39-34-56(12,13)33-38(39)27-45(49)57(52)46-32-42(55(9,10)11)22-26-48(46)58(50)43-23-19-40(20-24-43)53(3,4)5/h14-32,35H,33-34H2,1-13H3. The Morgan fingerprint density at radius 2 is 1.03 bits per heavy atom. The van der Waals surface area contributed by atoms with Gasteiger partial charge in [-0.25, -0.2) is 0 Å². The van der Waals surface area contributed by atoms with Gasteiger partial charge in [0.05, 0.1) is 5.69 Å². The molecule has 6 aromatic carbocycles. The molecule has 0 fully saturated rings. The first kappa shape index (κ1) is 39.4. The van der Waals surface area contributed by atoms with Gasteiger partial charge in [-0.1, -0.05) is 157 Å². The van der Waals surface area contributed by atoms with Crippen LogP contribution in [0.15, 0.2) is 115 Å². The average Bonchev–Trinajstić information content (AvgIpc) is 3.48. The van der Waals surface area contributed by atoms with E-state index in [9.17, 15) is 0 Å². The van der Waals surface area contributed by atoms with Crippen molar-refractivity contribution in [1.29, 1.82) is 0 Å². The zero-order valence-corrected chi connectivity index (χ0v) is 37.9. The molecule has 2 heterocycles. The van der Waals surface area contributed by atoms with E-state index in [1.165, 1.54) is 95.0 Å². The molecule has 59 heavy (non-hydrogen) atoms. The second kappa shape index (κ2) is 13.5. The van der Waals surface area contributed by atoms with Crippen molar-refractivity contribution < 1.29 is 0 Å². The first-order chi connectivity index (χ1) is 27.7. The molecule has 9 rings (SSSR count). The molecular formula is C56H63BN2. The molecule has 3 aliphatic rings. The van der Waals surface area contributed by atoms with Crippen molar-refractivity contribution >= 4 is 57.2 Å². The minimum absolute atomic E-state index is 0.00367. The van der Waals surface area contributed by atoms with E-state index in [-0.39, 0.29) is 28.4 Å². The lowest BCUT2D eigenvalue weighted by atomic mass is 9.33. The van der Waals surface area contributed by atoms with Gasteiger partial charge < -0.3 is 9.80 Å². The maximum atomic E-state index is 2.68. The van der Waals surface area contributed by atoms with Crippen molar-refractivity contribution in [3.63, 3.8) is 0 Å². The maximum Gasteiger partial charge on any atom is 0.252 e. The van der Waals surface area contributed by atoms with E-state index in [2.05, 4.69) is 215 Å². The summed E-state index contributed by atoms with van der Waals surface area (Å²) in [6.07, 6.45) is 2.20. The summed E-state index contributed by atoms with van der Waals surface area (Å²) in [5, 5.41) is 0. The molecule has 300 valence electrons. The van der Waals surface area contributed by atoms with Crippen LogP contribution in [-0.4, -0.2) is 6.71 Å². The largest absolute Gasteiger partial charge is 0.311 e. The van der Waals surface area contributed by atoms with E-state index >= 15 is 0 Å². The van der Waals surface area contributed by atoms with E-state index in [4.69, 9.17) is 0 Å². The quantitative estimate of drug-likeness (QED) is 0.164. The molecule has 0 saturated heterocycles. The highest BCUT2D eigenvalue weighted by atomic mass is 15.2. The summed E-state index contributed by atoms with van der Waals surface area (Å²) < 4.78 is 0. The number of fused-ring (bicyclic) bond motifs is 5. The fourth-order valence-corrected chi connectivity index (χ4v) is 10.1. The zero-order chi connectivity index (χ0) is 42.0. The summed E-state index contributed by atoms with van der Waals surface area (Å²) in [4.78, 5) is 5.27. The van der Waals surface area contributed by atoms with Crippen LogP contribution < -0.4 is 26.2 Å².